The highest BCUT2D eigenvalue weighted by atomic mass is 16.6. The maximum Gasteiger partial charge on any atom is 0.410 e. The van der Waals surface area contributed by atoms with Crippen molar-refractivity contribution >= 4 is 34.7 Å². The zero-order valence-electron chi connectivity index (χ0n) is 30.4. The first-order valence-electron chi connectivity index (χ1n) is 17.7. The topological polar surface area (TPSA) is 185 Å². The van der Waals surface area contributed by atoms with Crippen molar-refractivity contribution < 1.29 is 42.9 Å². The second-order valence-corrected chi connectivity index (χ2v) is 13.4. The molecule has 1 atom stereocenters. The molecular formula is C36H51N7O9. The summed E-state index contributed by atoms with van der Waals surface area (Å²) in [6.07, 6.45) is 2.64. The van der Waals surface area contributed by atoms with Crippen molar-refractivity contribution in [1.29, 1.82) is 5.26 Å². The van der Waals surface area contributed by atoms with Gasteiger partial charge in [0, 0.05) is 63.5 Å². The number of carbonyl (C=O) groups excluding carboxylic acids is 4. The van der Waals surface area contributed by atoms with E-state index in [4.69, 9.17) is 23.7 Å². The average molecular weight is 726 g/mol. The van der Waals surface area contributed by atoms with Crippen molar-refractivity contribution in [2.24, 2.45) is 0 Å². The maximum atomic E-state index is 12.9. The molecule has 4 rings (SSSR count). The number of ether oxygens (including phenoxy) is 5. The lowest BCUT2D eigenvalue weighted by atomic mass is 10.1. The number of rotatable bonds is 18. The Morgan fingerprint density at radius 2 is 1.63 bits per heavy atom. The summed E-state index contributed by atoms with van der Waals surface area (Å²) in [5.74, 6) is -0.625. The second kappa shape index (κ2) is 20.5. The summed E-state index contributed by atoms with van der Waals surface area (Å²) in [7, 11) is 0. The normalized spacial score (nSPS) is 16.4. The molecule has 16 nitrogen and oxygen atoms in total. The Morgan fingerprint density at radius 1 is 0.923 bits per heavy atom. The molecule has 0 aliphatic carbocycles. The monoisotopic (exact) mass is 725 g/mol. The van der Waals surface area contributed by atoms with Gasteiger partial charge < -0.3 is 44.1 Å². The lowest BCUT2D eigenvalue weighted by Gasteiger charge is -2.35. The molecule has 0 saturated carbocycles. The van der Waals surface area contributed by atoms with Gasteiger partial charge in [-0.15, -0.1) is 0 Å². The van der Waals surface area contributed by atoms with Crippen molar-refractivity contribution in [3.63, 3.8) is 0 Å². The number of carbonyl (C=O) groups is 4. The Balaban J connectivity index is 0.999. The summed E-state index contributed by atoms with van der Waals surface area (Å²) < 4.78 is 27.8. The molecule has 2 saturated heterocycles. The summed E-state index contributed by atoms with van der Waals surface area (Å²) in [6, 6.07) is 8.20. The third-order valence-corrected chi connectivity index (χ3v) is 8.34. The van der Waals surface area contributed by atoms with E-state index in [-0.39, 0.29) is 31.1 Å². The molecule has 0 unspecified atom stereocenters. The molecule has 4 amide bonds. The number of aromatic nitrogens is 1. The van der Waals surface area contributed by atoms with Crippen molar-refractivity contribution in [3.8, 4) is 11.8 Å². The summed E-state index contributed by atoms with van der Waals surface area (Å²) in [5, 5.41) is 15.2. The van der Waals surface area contributed by atoms with E-state index in [1.807, 2.05) is 20.8 Å². The zero-order valence-corrected chi connectivity index (χ0v) is 30.4. The minimum absolute atomic E-state index is 0.201. The first-order chi connectivity index (χ1) is 25.0. The SMILES string of the molecule is CC(C)(C)OC(=O)N1CCN(CCOCCOCCOCCNC(=O)COc2ccc3c(C(=O)NCC(=O)N4CCC[C@H]4C#N)ccnc3c2)CC1. The van der Waals surface area contributed by atoms with E-state index in [1.165, 1.54) is 11.1 Å². The Bertz CT molecular complexity index is 1540. The fourth-order valence-corrected chi connectivity index (χ4v) is 5.65. The first kappa shape index (κ1) is 40.2. The summed E-state index contributed by atoms with van der Waals surface area (Å²) in [5.41, 5.74) is 0.350. The molecule has 0 radical (unpaired) electrons. The predicted octanol–water partition coefficient (Wildman–Crippen LogP) is 1.58. The first-order valence-corrected chi connectivity index (χ1v) is 17.7. The standard InChI is InChI=1S/C36H51N7O9/c1-36(2,3)52-35(47)42-14-12-41(13-15-42)16-18-49-20-22-50-21-19-48-17-10-39-32(44)26-51-28-6-7-29-30(8-9-38-31(29)23-28)34(46)40-25-33(45)43-11-4-5-27(43)24-37/h6-9,23,27H,4-5,10-22,25-26H2,1-3H3,(H,39,44)(H,40,46)/t27-/m0/s1. The summed E-state index contributed by atoms with van der Waals surface area (Å²) in [6.45, 7) is 12.3. The molecule has 2 fully saturated rings. The zero-order chi connectivity index (χ0) is 37.3. The van der Waals surface area contributed by atoms with Gasteiger partial charge in [-0.25, -0.2) is 4.79 Å². The van der Waals surface area contributed by atoms with Gasteiger partial charge in [-0.2, -0.15) is 5.26 Å². The van der Waals surface area contributed by atoms with E-state index in [1.54, 1.807) is 29.2 Å². The number of pyridine rings is 1. The fraction of sp³-hybridized carbons (Fsp3) is 0.611. The fourth-order valence-electron chi connectivity index (χ4n) is 5.65. The number of hydrogen-bond donors (Lipinski definition) is 2. The molecule has 52 heavy (non-hydrogen) atoms. The molecule has 2 aliphatic heterocycles. The molecule has 284 valence electrons. The Hall–Kier alpha value is -4.56. The number of nitriles is 1. The van der Waals surface area contributed by atoms with Gasteiger partial charge in [-0.3, -0.25) is 24.3 Å². The number of nitrogens with one attached hydrogen (secondary N) is 2. The molecule has 0 bridgehead atoms. The van der Waals surface area contributed by atoms with Crippen LogP contribution >= 0.6 is 0 Å². The van der Waals surface area contributed by atoms with Crippen LogP contribution in [0, 0.1) is 11.3 Å². The molecule has 2 aliphatic rings. The van der Waals surface area contributed by atoms with Gasteiger partial charge in [-0.05, 0) is 51.8 Å². The van der Waals surface area contributed by atoms with Crippen LogP contribution in [0.3, 0.4) is 0 Å². The van der Waals surface area contributed by atoms with Crippen LogP contribution in [0.4, 0.5) is 4.79 Å². The molecule has 1 aromatic heterocycles. The van der Waals surface area contributed by atoms with Gasteiger partial charge in [0.25, 0.3) is 11.8 Å². The van der Waals surface area contributed by atoms with Crippen LogP contribution < -0.4 is 15.4 Å². The highest BCUT2D eigenvalue weighted by Gasteiger charge is 2.29. The number of fused-ring (bicyclic) bond motifs is 1. The number of benzene rings is 1. The third kappa shape index (κ3) is 13.2. The largest absolute Gasteiger partial charge is 0.484 e. The van der Waals surface area contributed by atoms with E-state index in [0.717, 1.165) is 26.1 Å². The van der Waals surface area contributed by atoms with E-state index >= 15 is 0 Å². The van der Waals surface area contributed by atoms with Gasteiger partial charge >= 0.3 is 6.09 Å². The number of amides is 4. The molecule has 0 spiro atoms. The van der Waals surface area contributed by atoms with Crippen LogP contribution in [0.1, 0.15) is 44.0 Å². The molecular weight excluding hydrogens is 674 g/mol. The smallest absolute Gasteiger partial charge is 0.410 e. The maximum absolute atomic E-state index is 12.9. The highest BCUT2D eigenvalue weighted by molar-refractivity contribution is 6.07. The van der Waals surface area contributed by atoms with Crippen LogP contribution in [-0.4, -0.2) is 154 Å². The van der Waals surface area contributed by atoms with Crippen molar-refractivity contribution in [2.75, 3.05) is 98.6 Å². The molecule has 16 heteroatoms. The van der Waals surface area contributed by atoms with Gasteiger partial charge in [0.1, 0.15) is 17.4 Å². The Kier molecular flexibility index (Phi) is 15.8. The van der Waals surface area contributed by atoms with Crippen LogP contribution in [0.5, 0.6) is 5.75 Å². The van der Waals surface area contributed by atoms with Crippen LogP contribution in [0.2, 0.25) is 0 Å². The van der Waals surface area contributed by atoms with Gasteiger partial charge in [0.2, 0.25) is 5.91 Å². The van der Waals surface area contributed by atoms with E-state index in [0.29, 0.717) is 94.5 Å². The number of nitrogens with zero attached hydrogens (tertiary/aromatic N) is 5. The van der Waals surface area contributed by atoms with Crippen LogP contribution in [0.25, 0.3) is 10.9 Å². The number of piperazine rings is 1. The average Bonchev–Trinajstić information content (AvgIpc) is 3.62. The van der Waals surface area contributed by atoms with Gasteiger partial charge in [0.05, 0.1) is 63.3 Å². The highest BCUT2D eigenvalue weighted by Crippen LogP contribution is 2.23. The lowest BCUT2D eigenvalue weighted by Crippen LogP contribution is -2.50. The molecule has 2 N–H and O–H groups in total. The quantitative estimate of drug-likeness (QED) is 0.212. The van der Waals surface area contributed by atoms with Gasteiger partial charge in [-0.1, -0.05) is 0 Å². The lowest BCUT2D eigenvalue weighted by molar-refractivity contribution is -0.130. The Morgan fingerprint density at radius 3 is 2.35 bits per heavy atom. The van der Waals surface area contributed by atoms with Crippen LogP contribution in [-0.2, 0) is 28.5 Å². The predicted molar refractivity (Wildman–Crippen MR) is 190 cm³/mol. The van der Waals surface area contributed by atoms with Gasteiger partial charge in [0.15, 0.2) is 6.61 Å². The number of likely N-dealkylation sites (tertiary alicyclic amines) is 1. The summed E-state index contributed by atoms with van der Waals surface area (Å²) in [4.78, 5) is 59.6. The minimum atomic E-state index is -0.492. The molecule has 1 aromatic carbocycles. The summed E-state index contributed by atoms with van der Waals surface area (Å²) >= 11 is 0. The van der Waals surface area contributed by atoms with Crippen molar-refractivity contribution in [1.82, 2.24) is 30.3 Å². The van der Waals surface area contributed by atoms with E-state index in [9.17, 15) is 24.4 Å². The third-order valence-electron chi connectivity index (χ3n) is 8.34. The molecule has 2 aromatic rings. The van der Waals surface area contributed by atoms with Crippen molar-refractivity contribution in [2.45, 2.75) is 45.3 Å². The molecule has 3 heterocycles. The van der Waals surface area contributed by atoms with E-state index < -0.39 is 17.6 Å². The van der Waals surface area contributed by atoms with E-state index in [2.05, 4.69) is 26.6 Å². The Labute approximate surface area is 304 Å². The second-order valence-electron chi connectivity index (χ2n) is 13.4. The number of hydrogen-bond acceptors (Lipinski definition) is 12. The van der Waals surface area contributed by atoms with Crippen molar-refractivity contribution in [3.05, 3.63) is 36.0 Å². The van der Waals surface area contributed by atoms with Crippen LogP contribution in [0.15, 0.2) is 30.5 Å². The minimum Gasteiger partial charge on any atom is -0.484 e.